The smallest absolute Gasteiger partial charge is 0.255 e. The van der Waals surface area contributed by atoms with E-state index >= 15 is 0 Å². The van der Waals surface area contributed by atoms with Crippen LogP contribution in [0.25, 0.3) is 5.69 Å². The molecule has 1 atom stereocenters. The van der Waals surface area contributed by atoms with E-state index in [2.05, 4.69) is 39.2 Å². The molecule has 2 aliphatic carbocycles. The number of methoxy groups -OCH3 is 1. The van der Waals surface area contributed by atoms with Crippen LogP contribution in [-0.4, -0.2) is 67.0 Å². The maximum atomic E-state index is 13.5. The highest BCUT2D eigenvalue weighted by atomic mass is 32.2. The quantitative estimate of drug-likeness (QED) is 0.392. The molecular formula is C29H35N7O4S. The summed E-state index contributed by atoms with van der Waals surface area (Å²) in [5, 5.41) is 11.8. The lowest BCUT2D eigenvalue weighted by Gasteiger charge is -2.21. The fraction of sp³-hybridized carbons (Fsp3) is 0.448. The molecule has 2 N–H and O–H groups in total. The molecule has 1 unspecified atom stereocenters. The Kier molecular flexibility index (Phi) is 6.55. The summed E-state index contributed by atoms with van der Waals surface area (Å²) >= 11 is 0. The van der Waals surface area contributed by atoms with Crippen LogP contribution < -0.4 is 14.8 Å². The second-order valence-corrected chi connectivity index (χ2v) is 13.4. The van der Waals surface area contributed by atoms with E-state index < -0.39 is 10.0 Å². The van der Waals surface area contributed by atoms with Gasteiger partial charge in [0.1, 0.15) is 11.5 Å². The molecule has 2 fully saturated rings. The standard InChI is InChI=1S/C29H35N7O4S/c1-17-6-7-19(12-24(17)36-16-23(32-34-36)25-15-30-27(35(25)3)18-8-9-18)28(37)31-21-13-20(29(2)10-11-29)14-22(26(21)40-4)33-41(5,38)39/h6-7,12-14,16,18,25,33H,8-11,15H2,1-5H3,(H,31,37). The Hall–Kier alpha value is -3.93. The highest BCUT2D eigenvalue weighted by molar-refractivity contribution is 7.92. The number of sulfonamides is 1. The van der Waals surface area contributed by atoms with Gasteiger partial charge in [0.25, 0.3) is 5.91 Å². The van der Waals surface area contributed by atoms with Crippen LogP contribution in [0, 0.1) is 12.8 Å². The predicted molar refractivity (Wildman–Crippen MR) is 158 cm³/mol. The molecule has 2 saturated carbocycles. The molecule has 11 nitrogen and oxygen atoms in total. The largest absolute Gasteiger partial charge is 0.492 e. The zero-order valence-corrected chi connectivity index (χ0v) is 24.7. The van der Waals surface area contributed by atoms with Gasteiger partial charge in [-0.05, 0) is 73.4 Å². The number of amidine groups is 1. The van der Waals surface area contributed by atoms with Gasteiger partial charge in [-0.1, -0.05) is 18.2 Å². The number of nitrogens with one attached hydrogen (secondary N) is 2. The Balaban J connectivity index is 1.27. The maximum Gasteiger partial charge on any atom is 0.255 e. The fourth-order valence-corrected chi connectivity index (χ4v) is 5.96. The Morgan fingerprint density at radius 1 is 1.15 bits per heavy atom. The number of nitrogens with zero attached hydrogens (tertiary/aromatic N) is 5. The van der Waals surface area contributed by atoms with Gasteiger partial charge in [0, 0.05) is 18.5 Å². The molecule has 0 radical (unpaired) electrons. The number of amides is 1. The number of likely N-dealkylation sites (N-methyl/N-ethyl adjacent to an activating group) is 1. The van der Waals surface area contributed by atoms with Gasteiger partial charge >= 0.3 is 0 Å². The summed E-state index contributed by atoms with van der Waals surface area (Å²) in [6.07, 6.45) is 7.35. The molecule has 1 amide bonds. The fourth-order valence-electron chi connectivity index (χ4n) is 5.41. The zero-order valence-electron chi connectivity index (χ0n) is 23.9. The van der Waals surface area contributed by atoms with Crippen molar-refractivity contribution in [2.45, 2.75) is 51.0 Å². The summed E-state index contributed by atoms with van der Waals surface area (Å²) in [4.78, 5) is 20.5. The zero-order chi connectivity index (χ0) is 29.1. The minimum atomic E-state index is -3.57. The molecule has 41 heavy (non-hydrogen) atoms. The number of rotatable bonds is 9. The Bertz CT molecular complexity index is 1670. The number of aryl methyl sites for hydroxylation is 1. The average molecular weight is 578 g/mol. The first-order valence-electron chi connectivity index (χ1n) is 13.8. The van der Waals surface area contributed by atoms with Gasteiger partial charge in [-0.2, -0.15) is 0 Å². The van der Waals surface area contributed by atoms with Crippen LogP contribution in [0.4, 0.5) is 11.4 Å². The Morgan fingerprint density at radius 3 is 2.54 bits per heavy atom. The summed E-state index contributed by atoms with van der Waals surface area (Å²) in [7, 11) is -0.0594. The van der Waals surface area contributed by atoms with Gasteiger partial charge in [-0.15, -0.1) is 5.10 Å². The number of carbonyl (C=O) groups excluding carboxylic acids is 1. The second-order valence-electron chi connectivity index (χ2n) is 11.7. The lowest BCUT2D eigenvalue weighted by molar-refractivity contribution is 0.102. The highest BCUT2D eigenvalue weighted by Gasteiger charge is 2.40. The number of aliphatic imine (C=N–C) groups is 1. The van der Waals surface area contributed by atoms with Crippen molar-refractivity contribution in [3.63, 3.8) is 0 Å². The number of anilines is 2. The van der Waals surface area contributed by atoms with Crippen molar-refractivity contribution in [1.29, 1.82) is 0 Å². The van der Waals surface area contributed by atoms with Gasteiger partial charge in [-0.3, -0.25) is 14.5 Å². The van der Waals surface area contributed by atoms with Crippen molar-refractivity contribution in [3.8, 4) is 11.4 Å². The van der Waals surface area contributed by atoms with Crippen molar-refractivity contribution in [2.24, 2.45) is 10.9 Å². The Morgan fingerprint density at radius 2 is 1.88 bits per heavy atom. The van der Waals surface area contributed by atoms with E-state index in [1.54, 1.807) is 22.9 Å². The van der Waals surface area contributed by atoms with Crippen molar-refractivity contribution < 1.29 is 17.9 Å². The summed E-state index contributed by atoms with van der Waals surface area (Å²) in [6, 6.07) is 9.11. The summed E-state index contributed by atoms with van der Waals surface area (Å²) < 4.78 is 34.0. The summed E-state index contributed by atoms with van der Waals surface area (Å²) in [5.41, 5.74) is 4.49. The maximum absolute atomic E-state index is 13.5. The highest BCUT2D eigenvalue weighted by Crippen LogP contribution is 2.51. The molecular weight excluding hydrogens is 542 g/mol. The predicted octanol–water partition coefficient (Wildman–Crippen LogP) is 4.05. The molecule has 0 bridgehead atoms. The van der Waals surface area contributed by atoms with Crippen LogP contribution in [0.2, 0.25) is 0 Å². The summed E-state index contributed by atoms with van der Waals surface area (Å²) in [5.74, 6) is 1.62. The van der Waals surface area contributed by atoms with Crippen LogP contribution in [0.1, 0.15) is 65.8 Å². The third-order valence-electron chi connectivity index (χ3n) is 8.30. The Labute approximate surface area is 240 Å². The lowest BCUT2D eigenvalue weighted by atomic mass is 9.96. The molecule has 2 aromatic carbocycles. The number of benzene rings is 2. The van der Waals surface area contributed by atoms with E-state index in [0.717, 1.165) is 47.4 Å². The van der Waals surface area contributed by atoms with Crippen molar-refractivity contribution in [2.75, 3.05) is 37.0 Å². The number of carbonyl (C=O) groups is 1. The number of hydrogen-bond acceptors (Lipinski definition) is 8. The first-order valence-corrected chi connectivity index (χ1v) is 15.7. The minimum absolute atomic E-state index is 0.0499. The molecule has 6 rings (SSSR count). The van der Waals surface area contributed by atoms with Crippen molar-refractivity contribution >= 4 is 33.1 Å². The topological polar surface area (TPSA) is 131 Å². The minimum Gasteiger partial charge on any atom is -0.492 e. The molecule has 1 aliphatic heterocycles. The number of hydrogen-bond donors (Lipinski definition) is 2. The number of aromatic nitrogens is 3. The van der Waals surface area contributed by atoms with Crippen LogP contribution >= 0.6 is 0 Å². The summed E-state index contributed by atoms with van der Waals surface area (Å²) in [6.45, 7) is 4.74. The average Bonchev–Trinajstić information content (AvgIpc) is 3.81. The SMILES string of the molecule is COc1c(NC(=O)c2ccc(C)c(-n3cc(C4CN=C(C5CC5)N4C)nn3)c2)cc(C2(C)CC2)cc1NS(C)(=O)=O. The molecule has 0 spiro atoms. The molecule has 0 saturated heterocycles. The van der Waals surface area contributed by atoms with Crippen LogP contribution in [0.5, 0.6) is 5.75 Å². The third-order valence-corrected chi connectivity index (χ3v) is 8.89. The second kappa shape index (κ2) is 9.86. The van der Waals surface area contributed by atoms with Crippen LogP contribution in [0.3, 0.4) is 0 Å². The monoisotopic (exact) mass is 577 g/mol. The molecule has 1 aromatic heterocycles. The van der Waals surface area contributed by atoms with E-state index in [1.165, 1.54) is 20.0 Å². The van der Waals surface area contributed by atoms with Crippen molar-refractivity contribution in [1.82, 2.24) is 19.9 Å². The molecule has 2 heterocycles. The van der Waals surface area contributed by atoms with Gasteiger partial charge in [-0.25, -0.2) is 13.1 Å². The van der Waals surface area contributed by atoms with Gasteiger partial charge in [0.15, 0.2) is 5.75 Å². The first-order chi connectivity index (χ1) is 19.5. The first kappa shape index (κ1) is 27.3. The van der Waals surface area contributed by atoms with E-state index in [-0.39, 0.29) is 23.1 Å². The molecule has 12 heteroatoms. The van der Waals surface area contributed by atoms with E-state index in [4.69, 9.17) is 9.73 Å². The van der Waals surface area contributed by atoms with Crippen LogP contribution in [-0.2, 0) is 15.4 Å². The van der Waals surface area contributed by atoms with E-state index in [1.807, 2.05) is 25.3 Å². The lowest BCUT2D eigenvalue weighted by Crippen LogP contribution is -2.28. The van der Waals surface area contributed by atoms with Crippen LogP contribution in [0.15, 0.2) is 41.5 Å². The van der Waals surface area contributed by atoms with Gasteiger partial charge < -0.3 is 15.0 Å². The van der Waals surface area contributed by atoms with E-state index in [9.17, 15) is 13.2 Å². The van der Waals surface area contributed by atoms with Crippen molar-refractivity contribution in [3.05, 3.63) is 58.9 Å². The number of ether oxygens (including phenoxy) is 1. The molecule has 3 aliphatic rings. The van der Waals surface area contributed by atoms with Gasteiger partial charge in [0.05, 0.1) is 49.2 Å². The third kappa shape index (κ3) is 5.40. The molecule has 216 valence electrons. The normalized spacial score (nSPS) is 19.6. The van der Waals surface area contributed by atoms with Gasteiger partial charge in [0.2, 0.25) is 10.0 Å². The molecule has 3 aromatic rings. The van der Waals surface area contributed by atoms with E-state index in [0.29, 0.717) is 29.4 Å².